The fraction of sp³-hybridized carbons (Fsp3) is 0.409. The van der Waals surface area contributed by atoms with Crippen LogP contribution in [0.1, 0.15) is 36.9 Å². The van der Waals surface area contributed by atoms with Crippen molar-refractivity contribution < 1.29 is 13.2 Å². The van der Waals surface area contributed by atoms with Crippen molar-refractivity contribution in [3.05, 3.63) is 47.8 Å². The molecular weight excluding hydrogens is 414 g/mol. The number of hydrogen-bond donors (Lipinski definition) is 1. The molecule has 1 N–H and O–H groups in total. The predicted molar refractivity (Wildman–Crippen MR) is 119 cm³/mol. The van der Waals surface area contributed by atoms with Gasteiger partial charge in [-0.25, -0.2) is 13.4 Å². The number of rotatable bonds is 6. The van der Waals surface area contributed by atoms with Gasteiger partial charge in [-0.05, 0) is 49.9 Å². The molecule has 1 fully saturated rings. The summed E-state index contributed by atoms with van der Waals surface area (Å²) >= 11 is 0. The molecule has 0 bridgehead atoms. The molecule has 1 aromatic carbocycles. The minimum atomic E-state index is -3.43. The van der Waals surface area contributed by atoms with Crippen LogP contribution >= 0.6 is 0 Å². The Morgan fingerprint density at radius 1 is 1.13 bits per heavy atom. The summed E-state index contributed by atoms with van der Waals surface area (Å²) in [6.07, 6.45) is 5.35. The molecule has 1 saturated heterocycles. The summed E-state index contributed by atoms with van der Waals surface area (Å²) in [6.45, 7) is 3.08. The van der Waals surface area contributed by atoms with Gasteiger partial charge in [0.1, 0.15) is 0 Å². The highest BCUT2D eigenvalue weighted by Crippen LogP contribution is 2.22. The Hall–Kier alpha value is -2.78. The lowest BCUT2D eigenvalue weighted by Gasteiger charge is -2.25. The van der Waals surface area contributed by atoms with Crippen LogP contribution in [0.2, 0.25) is 0 Å². The highest BCUT2D eigenvalue weighted by molar-refractivity contribution is 7.89. The molecule has 0 saturated carbocycles. The van der Waals surface area contributed by atoms with Crippen LogP contribution in [0.3, 0.4) is 0 Å². The Morgan fingerprint density at radius 3 is 2.55 bits per heavy atom. The van der Waals surface area contributed by atoms with Crippen molar-refractivity contribution in [2.75, 3.05) is 18.4 Å². The number of carbonyl (C=O) groups excluding carboxylic acids is 1. The molecule has 31 heavy (non-hydrogen) atoms. The van der Waals surface area contributed by atoms with E-state index in [-0.39, 0.29) is 5.91 Å². The molecule has 3 heterocycles. The maximum Gasteiger partial charge on any atom is 0.243 e. The number of hydrogen-bond acceptors (Lipinski definition) is 5. The van der Waals surface area contributed by atoms with Gasteiger partial charge in [-0.2, -0.15) is 9.40 Å². The molecule has 4 rings (SSSR count). The van der Waals surface area contributed by atoms with Crippen LogP contribution < -0.4 is 5.32 Å². The molecule has 8 nitrogen and oxygen atoms in total. The first-order valence-corrected chi connectivity index (χ1v) is 12.0. The van der Waals surface area contributed by atoms with Crippen LogP contribution in [-0.2, 0) is 28.3 Å². The zero-order chi connectivity index (χ0) is 22.0. The lowest BCUT2D eigenvalue weighted by molar-refractivity contribution is -0.116. The first-order valence-electron chi connectivity index (χ1n) is 10.5. The van der Waals surface area contributed by atoms with E-state index >= 15 is 0 Å². The van der Waals surface area contributed by atoms with E-state index in [0.717, 1.165) is 41.6 Å². The van der Waals surface area contributed by atoms with Crippen molar-refractivity contribution in [2.24, 2.45) is 7.05 Å². The van der Waals surface area contributed by atoms with Crippen molar-refractivity contribution >= 4 is 32.7 Å². The van der Waals surface area contributed by atoms with Crippen molar-refractivity contribution in [1.82, 2.24) is 19.1 Å². The minimum Gasteiger partial charge on any atom is -0.325 e. The van der Waals surface area contributed by atoms with Crippen LogP contribution in [0.4, 0.5) is 5.69 Å². The molecule has 3 aromatic rings. The summed E-state index contributed by atoms with van der Waals surface area (Å²) in [5, 5.41) is 8.12. The predicted octanol–water partition coefficient (Wildman–Crippen LogP) is 3.02. The van der Waals surface area contributed by atoms with Gasteiger partial charge in [-0.1, -0.05) is 18.6 Å². The number of benzene rings is 1. The molecule has 0 spiro atoms. The third kappa shape index (κ3) is 4.62. The van der Waals surface area contributed by atoms with E-state index in [9.17, 15) is 13.2 Å². The van der Waals surface area contributed by atoms with Gasteiger partial charge in [-0.3, -0.25) is 9.48 Å². The average molecular weight is 442 g/mol. The van der Waals surface area contributed by atoms with Gasteiger partial charge in [0, 0.05) is 31.9 Å². The highest BCUT2D eigenvalue weighted by Gasteiger charge is 2.25. The molecule has 9 heteroatoms. The van der Waals surface area contributed by atoms with E-state index in [1.807, 2.05) is 20.0 Å². The summed E-state index contributed by atoms with van der Waals surface area (Å²) in [4.78, 5) is 17.1. The monoisotopic (exact) mass is 441 g/mol. The number of anilines is 1. The molecule has 2 aromatic heterocycles. The molecule has 0 aliphatic carbocycles. The Balaban J connectivity index is 1.36. The van der Waals surface area contributed by atoms with Crippen LogP contribution in [0.5, 0.6) is 0 Å². The second kappa shape index (κ2) is 8.76. The number of piperidine rings is 1. The van der Waals surface area contributed by atoms with Crippen molar-refractivity contribution in [3.8, 4) is 0 Å². The lowest BCUT2D eigenvalue weighted by atomic mass is 10.1. The maximum absolute atomic E-state index is 12.7. The molecule has 1 aliphatic heterocycles. The van der Waals surface area contributed by atoms with E-state index in [4.69, 9.17) is 0 Å². The van der Waals surface area contributed by atoms with Gasteiger partial charge < -0.3 is 5.32 Å². The second-order valence-corrected chi connectivity index (χ2v) is 9.90. The van der Waals surface area contributed by atoms with Crippen LogP contribution in [0, 0.1) is 6.92 Å². The largest absolute Gasteiger partial charge is 0.325 e. The molecule has 0 unspecified atom stereocenters. The molecule has 164 valence electrons. The van der Waals surface area contributed by atoms with Gasteiger partial charge in [-0.15, -0.1) is 0 Å². The van der Waals surface area contributed by atoms with E-state index in [0.29, 0.717) is 36.5 Å². The van der Waals surface area contributed by atoms with Crippen molar-refractivity contribution in [1.29, 1.82) is 0 Å². The smallest absolute Gasteiger partial charge is 0.243 e. The number of pyridine rings is 1. The summed E-state index contributed by atoms with van der Waals surface area (Å²) in [5.41, 5.74) is 3.19. The topological polar surface area (TPSA) is 97.2 Å². The zero-order valence-corrected chi connectivity index (χ0v) is 18.7. The van der Waals surface area contributed by atoms with Gasteiger partial charge in [0.2, 0.25) is 15.9 Å². The Labute approximate surface area is 182 Å². The number of nitrogens with one attached hydrogen (secondary N) is 1. The molecule has 1 aliphatic rings. The second-order valence-electron chi connectivity index (χ2n) is 7.96. The maximum atomic E-state index is 12.7. The van der Waals surface area contributed by atoms with Crippen molar-refractivity contribution in [3.63, 3.8) is 0 Å². The van der Waals surface area contributed by atoms with Crippen LogP contribution in [-0.4, -0.2) is 46.5 Å². The molecule has 1 amide bonds. The summed E-state index contributed by atoms with van der Waals surface area (Å²) in [5.74, 6) is -0.118. The quantitative estimate of drug-likeness (QED) is 0.634. The van der Waals surface area contributed by atoms with E-state index in [2.05, 4.69) is 15.4 Å². The summed E-state index contributed by atoms with van der Waals surface area (Å²) in [7, 11) is -1.59. The van der Waals surface area contributed by atoms with Crippen LogP contribution in [0.25, 0.3) is 11.0 Å². The molecule has 0 radical (unpaired) electrons. The Morgan fingerprint density at radius 2 is 1.84 bits per heavy atom. The number of aromatic nitrogens is 3. The number of carbonyl (C=O) groups is 1. The lowest BCUT2D eigenvalue weighted by Crippen LogP contribution is -2.35. The number of amides is 1. The standard InChI is InChI=1S/C22H27N5O3S/c1-16-20-14-18(15-23-22(20)26(2)25-16)24-21(28)11-8-17-6-9-19(10-7-17)31(29,30)27-12-4-3-5-13-27/h6-7,9-10,14-15H,3-5,8,11-13H2,1-2H3,(H,24,28). The number of fused-ring (bicyclic) bond motifs is 1. The Kier molecular flexibility index (Phi) is 6.06. The van der Waals surface area contributed by atoms with Crippen LogP contribution in [0.15, 0.2) is 41.4 Å². The average Bonchev–Trinajstić information content (AvgIpc) is 3.06. The van der Waals surface area contributed by atoms with Gasteiger partial charge in [0.15, 0.2) is 5.65 Å². The SMILES string of the molecule is Cc1nn(C)c2ncc(NC(=O)CCc3ccc(S(=O)(=O)N4CCCCC4)cc3)cc12. The number of aryl methyl sites for hydroxylation is 3. The van der Waals surface area contributed by atoms with Crippen molar-refractivity contribution in [2.45, 2.75) is 43.9 Å². The summed E-state index contributed by atoms with van der Waals surface area (Å²) < 4.78 is 28.7. The van der Waals surface area contributed by atoms with E-state index in [1.54, 1.807) is 39.4 Å². The van der Waals surface area contributed by atoms with Gasteiger partial charge in [0.05, 0.1) is 22.5 Å². The third-order valence-electron chi connectivity index (χ3n) is 5.66. The molecule has 0 atom stereocenters. The van der Waals surface area contributed by atoms with Gasteiger partial charge in [0.25, 0.3) is 0 Å². The van der Waals surface area contributed by atoms with E-state index < -0.39 is 10.0 Å². The first kappa shape index (κ1) is 21.5. The fourth-order valence-corrected chi connectivity index (χ4v) is 5.46. The number of nitrogens with zero attached hydrogens (tertiary/aromatic N) is 4. The normalized spacial score (nSPS) is 15.3. The van der Waals surface area contributed by atoms with Gasteiger partial charge >= 0.3 is 0 Å². The fourth-order valence-electron chi connectivity index (χ4n) is 3.94. The number of sulfonamides is 1. The molecular formula is C22H27N5O3S. The zero-order valence-electron chi connectivity index (χ0n) is 17.8. The minimum absolute atomic E-state index is 0.118. The Bertz CT molecular complexity index is 1200. The van der Waals surface area contributed by atoms with E-state index in [1.165, 1.54) is 0 Å². The first-order chi connectivity index (χ1) is 14.8. The third-order valence-corrected chi connectivity index (χ3v) is 7.58. The summed E-state index contributed by atoms with van der Waals surface area (Å²) in [6, 6.07) is 8.73. The highest BCUT2D eigenvalue weighted by atomic mass is 32.2.